The molecule has 2 rings (SSSR count). The maximum Gasteiger partial charge on any atom is 0.323 e. The van der Waals surface area contributed by atoms with E-state index in [1.807, 2.05) is 12.1 Å². The lowest BCUT2D eigenvalue weighted by molar-refractivity contribution is 0.262. The van der Waals surface area contributed by atoms with Crippen molar-refractivity contribution < 1.29 is 9.90 Å². The quantitative estimate of drug-likeness (QED) is 0.771. The number of hydrogen-bond donors (Lipinski definition) is 3. The maximum absolute atomic E-state index is 11.9. The molecule has 0 saturated carbocycles. The van der Waals surface area contributed by atoms with Crippen LogP contribution < -0.4 is 10.6 Å². The van der Waals surface area contributed by atoms with E-state index in [1.54, 1.807) is 30.3 Å². The Bertz CT molecular complexity index is 634. The minimum atomic E-state index is -0.403. The van der Waals surface area contributed by atoms with E-state index >= 15 is 0 Å². The average Bonchev–Trinajstić information content (AvgIpc) is 2.38. The van der Waals surface area contributed by atoms with Gasteiger partial charge in [0, 0.05) is 26.4 Å². The van der Waals surface area contributed by atoms with Gasteiger partial charge in [0.15, 0.2) is 0 Å². The molecule has 0 bridgehead atoms. The number of rotatable bonds is 3. The molecule has 104 valence electrons. The van der Waals surface area contributed by atoms with Crippen molar-refractivity contribution in [2.45, 2.75) is 6.61 Å². The van der Waals surface area contributed by atoms with E-state index in [0.29, 0.717) is 22.0 Å². The van der Waals surface area contributed by atoms with Gasteiger partial charge in [-0.05, 0) is 30.3 Å². The van der Waals surface area contributed by atoms with Crippen LogP contribution in [0.3, 0.4) is 0 Å². The van der Waals surface area contributed by atoms with Crippen molar-refractivity contribution in [1.29, 1.82) is 0 Å². The Morgan fingerprint density at radius 3 is 2.70 bits per heavy atom. The summed E-state index contributed by atoms with van der Waals surface area (Å²) in [7, 11) is 0. The first-order chi connectivity index (χ1) is 9.58. The van der Waals surface area contributed by atoms with Crippen LogP contribution in [-0.4, -0.2) is 11.1 Å². The molecule has 0 heterocycles. The van der Waals surface area contributed by atoms with E-state index in [4.69, 9.17) is 11.6 Å². The minimum Gasteiger partial charge on any atom is -0.392 e. The summed E-state index contributed by atoms with van der Waals surface area (Å²) < 4.78 is 0.870. The van der Waals surface area contributed by atoms with Gasteiger partial charge in [-0.3, -0.25) is 0 Å². The van der Waals surface area contributed by atoms with Crippen LogP contribution in [0.5, 0.6) is 0 Å². The second-order valence-electron chi connectivity index (χ2n) is 4.05. The second-order valence-corrected chi connectivity index (χ2v) is 5.40. The van der Waals surface area contributed by atoms with E-state index < -0.39 is 6.03 Å². The van der Waals surface area contributed by atoms with E-state index in [-0.39, 0.29) is 6.61 Å². The lowest BCUT2D eigenvalue weighted by atomic mass is 10.2. The van der Waals surface area contributed by atoms with Crippen molar-refractivity contribution in [3.63, 3.8) is 0 Å². The molecular formula is C14H12BrClN2O2. The molecule has 0 aromatic heterocycles. The molecule has 0 fully saturated rings. The molecule has 0 aliphatic carbocycles. The summed E-state index contributed by atoms with van der Waals surface area (Å²) >= 11 is 9.21. The largest absolute Gasteiger partial charge is 0.392 e. The van der Waals surface area contributed by atoms with Gasteiger partial charge in [-0.1, -0.05) is 39.7 Å². The number of carbonyl (C=O) groups is 1. The highest BCUT2D eigenvalue weighted by Crippen LogP contribution is 2.22. The van der Waals surface area contributed by atoms with Crippen LogP contribution in [0, 0.1) is 0 Å². The highest BCUT2D eigenvalue weighted by Gasteiger charge is 2.07. The molecule has 2 amide bonds. The van der Waals surface area contributed by atoms with Crippen molar-refractivity contribution in [1.82, 2.24) is 0 Å². The van der Waals surface area contributed by atoms with E-state index in [9.17, 15) is 9.90 Å². The lowest BCUT2D eigenvalue weighted by Gasteiger charge is -2.11. The van der Waals surface area contributed by atoms with Gasteiger partial charge >= 0.3 is 6.03 Å². The Morgan fingerprint density at radius 1 is 1.20 bits per heavy atom. The van der Waals surface area contributed by atoms with Crippen molar-refractivity contribution in [2.24, 2.45) is 0 Å². The number of nitrogens with one attached hydrogen (secondary N) is 2. The molecule has 0 aliphatic heterocycles. The molecular weight excluding hydrogens is 344 g/mol. The molecule has 0 atom stereocenters. The molecule has 6 heteroatoms. The van der Waals surface area contributed by atoms with Gasteiger partial charge in [0.05, 0.1) is 6.61 Å². The van der Waals surface area contributed by atoms with Gasteiger partial charge in [0.1, 0.15) is 0 Å². The summed E-state index contributed by atoms with van der Waals surface area (Å²) in [5.74, 6) is 0. The molecule has 2 aromatic carbocycles. The Labute approximate surface area is 129 Å². The number of aliphatic hydroxyl groups is 1. The molecule has 0 spiro atoms. The van der Waals surface area contributed by atoms with Gasteiger partial charge in [0.25, 0.3) is 0 Å². The zero-order chi connectivity index (χ0) is 14.5. The molecule has 20 heavy (non-hydrogen) atoms. The fraction of sp³-hybridized carbons (Fsp3) is 0.0714. The van der Waals surface area contributed by atoms with E-state index in [0.717, 1.165) is 4.47 Å². The Kier molecular flexibility index (Phi) is 5.00. The van der Waals surface area contributed by atoms with Gasteiger partial charge in [-0.25, -0.2) is 4.79 Å². The molecule has 2 aromatic rings. The van der Waals surface area contributed by atoms with Gasteiger partial charge in [-0.2, -0.15) is 0 Å². The van der Waals surface area contributed by atoms with E-state index in [2.05, 4.69) is 26.6 Å². The van der Waals surface area contributed by atoms with Crippen molar-refractivity contribution in [3.05, 3.63) is 57.5 Å². The van der Waals surface area contributed by atoms with Crippen molar-refractivity contribution >= 4 is 44.9 Å². The predicted molar refractivity (Wildman–Crippen MR) is 84.2 cm³/mol. The first-order valence-corrected chi connectivity index (χ1v) is 6.98. The normalized spacial score (nSPS) is 10.2. The number of carbonyl (C=O) groups excluding carboxylic acids is 1. The van der Waals surface area contributed by atoms with Crippen LogP contribution in [0.1, 0.15) is 5.56 Å². The number of anilines is 2. The Morgan fingerprint density at radius 2 is 2.00 bits per heavy atom. The summed E-state index contributed by atoms with van der Waals surface area (Å²) in [5, 5.41) is 15.1. The highest BCUT2D eigenvalue weighted by molar-refractivity contribution is 9.10. The van der Waals surface area contributed by atoms with Crippen LogP contribution in [0.15, 0.2) is 46.9 Å². The Hall–Kier alpha value is -1.56. The summed E-state index contributed by atoms with van der Waals surface area (Å²) in [5.41, 5.74) is 1.73. The topological polar surface area (TPSA) is 61.4 Å². The summed E-state index contributed by atoms with van der Waals surface area (Å²) in [4.78, 5) is 11.9. The predicted octanol–water partition coefficient (Wildman–Crippen LogP) is 4.24. The molecule has 0 aliphatic rings. The number of amides is 2. The number of hydrogen-bond acceptors (Lipinski definition) is 2. The summed E-state index contributed by atoms with van der Waals surface area (Å²) in [6, 6.07) is 11.7. The van der Waals surface area contributed by atoms with Crippen LogP contribution in [0.4, 0.5) is 16.2 Å². The molecule has 0 radical (unpaired) electrons. The van der Waals surface area contributed by atoms with Crippen LogP contribution in [0.2, 0.25) is 5.02 Å². The number of aliphatic hydroxyl groups excluding tert-OH is 1. The first kappa shape index (κ1) is 14.8. The van der Waals surface area contributed by atoms with Crippen molar-refractivity contribution in [3.8, 4) is 0 Å². The highest BCUT2D eigenvalue weighted by atomic mass is 79.9. The Balaban J connectivity index is 2.10. The summed E-state index contributed by atoms with van der Waals surface area (Å²) in [6.07, 6.45) is 0. The number of urea groups is 1. The monoisotopic (exact) mass is 354 g/mol. The van der Waals surface area contributed by atoms with Gasteiger partial charge in [0.2, 0.25) is 0 Å². The van der Waals surface area contributed by atoms with Crippen LogP contribution >= 0.6 is 27.5 Å². The maximum atomic E-state index is 11.9. The van der Waals surface area contributed by atoms with Crippen molar-refractivity contribution in [2.75, 3.05) is 10.6 Å². The first-order valence-electron chi connectivity index (χ1n) is 5.81. The van der Waals surface area contributed by atoms with E-state index in [1.165, 1.54) is 0 Å². The summed E-state index contributed by atoms with van der Waals surface area (Å²) in [6.45, 7) is -0.177. The smallest absolute Gasteiger partial charge is 0.323 e. The van der Waals surface area contributed by atoms with Gasteiger partial charge < -0.3 is 15.7 Å². The van der Waals surface area contributed by atoms with Crippen LogP contribution in [-0.2, 0) is 6.61 Å². The molecule has 3 N–H and O–H groups in total. The standard InChI is InChI=1S/C14H12BrClN2O2/c15-10-2-1-3-12(6-10)17-14(20)18-13-7-11(16)5-4-9(13)8-19/h1-7,19H,8H2,(H2,17,18,20). The number of benzene rings is 2. The SMILES string of the molecule is O=C(Nc1cccc(Br)c1)Nc1cc(Cl)ccc1CO. The van der Waals surface area contributed by atoms with Gasteiger partial charge in [-0.15, -0.1) is 0 Å². The fourth-order valence-corrected chi connectivity index (χ4v) is 2.23. The number of halogens is 2. The average molecular weight is 356 g/mol. The molecule has 4 nitrogen and oxygen atoms in total. The zero-order valence-corrected chi connectivity index (χ0v) is 12.7. The van der Waals surface area contributed by atoms with Crippen LogP contribution in [0.25, 0.3) is 0 Å². The second kappa shape index (κ2) is 6.74. The zero-order valence-electron chi connectivity index (χ0n) is 10.4. The minimum absolute atomic E-state index is 0.177. The third kappa shape index (κ3) is 3.96. The molecule has 0 saturated heterocycles. The fourth-order valence-electron chi connectivity index (χ4n) is 1.65. The third-order valence-electron chi connectivity index (χ3n) is 2.57. The third-order valence-corrected chi connectivity index (χ3v) is 3.30. The lowest BCUT2D eigenvalue weighted by Crippen LogP contribution is -2.20. The molecule has 0 unspecified atom stereocenters.